The predicted molar refractivity (Wildman–Crippen MR) is 118 cm³/mol. The van der Waals surface area contributed by atoms with Crippen molar-refractivity contribution in [2.45, 2.75) is 19.0 Å². The van der Waals surface area contributed by atoms with Crippen molar-refractivity contribution >= 4 is 23.2 Å². The van der Waals surface area contributed by atoms with Crippen LogP contribution < -0.4 is 5.32 Å². The van der Waals surface area contributed by atoms with Gasteiger partial charge in [0.05, 0.1) is 11.0 Å². The average molecular weight is 437 g/mol. The van der Waals surface area contributed by atoms with Gasteiger partial charge in [0.2, 0.25) is 0 Å². The van der Waals surface area contributed by atoms with Crippen molar-refractivity contribution in [3.8, 4) is 0 Å². The van der Waals surface area contributed by atoms with Crippen molar-refractivity contribution in [2.24, 2.45) is 0 Å². The third kappa shape index (κ3) is 4.73. The van der Waals surface area contributed by atoms with E-state index >= 15 is 0 Å². The van der Waals surface area contributed by atoms with Gasteiger partial charge in [-0.3, -0.25) is 24.8 Å². The van der Waals surface area contributed by atoms with Gasteiger partial charge >= 0.3 is 0 Å². The van der Waals surface area contributed by atoms with Gasteiger partial charge in [0.25, 0.3) is 11.6 Å². The number of aromatic nitrogens is 1. The predicted octanol–water partition coefficient (Wildman–Crippen LogP) is 4.17. The normalized spacial score (nSPS) is 14.5. The van der Waals surface area contributed by atoms with Crippen LogP contribution in [0.4, 0.5) is 5.69 Å². The first-order valence-electron chi connectivity index (χ1n) is 9.96. The summed E-state index contributed by atoms with van der Waals surface area (Å²) in [6.45, 7) is 1.99. The lowest BCUT2D eigenvalue weighted by molar-refractivity contribution is -0.384. The number of nitro benzene ring substituents is 1. The molecule has 0 bridgehead atoms. The Morgan fingerprint density at radius 1 is 1.19 bits per heavy atom. The first-order chi connectivity index (χ1) is 15.0. The van der Waals surface area contributed by atoms with Gasteiger partial charge in [0, 0.05) is 43.7 Å². The van der Waals surface area contributed by atoms with Crippen LogP contribution in [0, 0.1) is 10.1 Å². The molecule has 0 radical (unpaired) electrons. The molecule has 2 aromatic carbocycles. The first kappa shape index (κ1) is 21.0. The molecule has 3 aromatic rings. The second-order valence-corrected chi connectivity index (χ2v) is 7.83. The zero-order valence-corrected chi connectivity index (χ0v) is 17.5. The van der Waals surface area contributed by atoms with Gasteiger partial charge in [-0.25, -0.2) is 0 Å². The Hall–Kier alpha value is -3.29. The largest absolute Gasteiger partial charge is 0.350 e. The van der Waals surface area contributed by atoms with Crippen molar-refractivity contribution < 1.29 is 9.72 Å². The van der Waals surface area contributed by atoms with Crippen LogP contribution in [0.2, 0.25) is 5.02 Å². The minimum atomic E-state index is -0.595. The van der Waals surface area contributed by atoms with E-state index in [4.69, 9.17) is 11.6 Å². The molecular weight excluding hydrogens is 416 g/mol. The summed E-state index contributed by atoms with van der Waals surface area (Å²) in [7, 11) is 0. The van der Waals surface area contributed by atoms with E-state index in [0.29, 0.717) is 6.54 Å². The third-order valence-corrected chi connectivity index (χ3v) is 5.85. The number of fused-ring (bicyclic) bond motifs is 1. The van der Waals surface area contributed by atoms with E-state index in [0.717, 1.165) is 25.1 Å². The number of amides is 1. The zero-order chi connectivity index (χ0) is 21.8. The molecule has 158 valence electrons. The van der Waals surface area contributed by atoms with Gasteiger partial charge in [-0.1, -0.05) is 41.9 Å². The second-order valence-electron chi connectivity index (χ2n) is 7.42. The Kier molecular flexibility index (Phi) is 6.25. The number of nitrogens with zero attached hydrogens (tertiary/aromatic N) is 3. The summed E-state index contributed by atoms with van der Waals surface area (Å²) in [5.41, 5.74) is 3.54. The van der Waals surface area contributed by atoms with Gasteiger partial charge in [0.15, 0.2) is 0 Å². The molecule has 0 aliphatic carbocycles. The summed E-state index contributed by atoms with van der Waals surface area (Å²) in [5, 5.41) is 14.1. The number of rotatable bonds is 6. The lowest BCUT2D eigenvalue weighted by Gasteiger charge is -2.36. The van der Waals surface area contributed by atoms with Crippen LogP contribution in [-0.2, 0) is 13.0 Å². The Morgan fingerprint density at radius 2 is 2.00 bits per heavy atom. The summed E-state index contributed by atoms with van der Waals surface area (Å²) in [4.78, 5) is 29.8. The number of nitrogens with one attached hydrogen (secondary N) is 1. The number of pyridine rings is 1. The molecule has 0 fully saturated rings. The van der Waals surface area contributed by atoms with Crippen LogP contribution >= 0.6 is 11.6 Å². The van der Waals surface area contributed by atoms with Crippen LogP contribution in [0.1, 0.15) is 33.1 Å². The standard InChI is InChI=1S/C23H21ClN4O3/c24-20-8-7-17(12-21(20)28(30)31)23(29)26-14-22(18-6-3-10-25-13-18)27-11-9-16-4-1-2-5-19(16)15-27/h1-8,10,12-13,22H,9,11,14-15H2,(H,26,29)/t22-/m1/s1. The fourth-order valence-corrected chi connectivity index (χ4v) is 4.09. The van der Waals surface area contributed by atoms with E-state index in [-0.39, 0.29) is 28.2 Å². The highest BCUT2D eigenvalue weighted by Gasteiger charge is 2.26. The van der Waals surface area contributed by atoms with E-state index < -0.39 is 4.92 Å². The van der Waals surface area contributed by atoms with E-state index in [9.17, 15) is 14.9 Å². The molecule has 1 amide bonds. The molecule has 1 aromatic heterocycles. The topological polar surface area (TPSA) is 88.4 Å². The van der Waals surface area contributed by atoms with Crippen LogP contribution in [0.5, 0.6) is 0 Å². The third-order valence-electron chi connectivity index (χ3n) is 5.53. The van der Waals surface area contributed by atoms with E-state index in [1.807, 2.05) is 24.4 Å². The van der Waals surface area contributed by atoms with Crippen molar-refractivity contribution in [2.75, 3.05) is 13.1 Å². The van der Waals surface area contributed by atoms with Crippen LogP contribution in [0.3, 0.4) is 0 Å². The lowest BCUT2D eigenvalue weighted by atomic mass is 9.97. The zero-order valence-electron chi connectivity index (χ0n) is 16.7. The number of carbonyl (C=O) groups excluding carboxylic acids is 1. The molecular formula is C23H21ClN4O3. The highest BCUT2D eigenvalue weighted by atomic mass is 35.5. The molecule has 1 atom stereocenters. The molecule has 0 unspecified atom stereocenters. The van der Waals surface area contributed by atoms with Crippen molar-refractivity contribution in [3.63, 3.8) is 0 Å². The Balaban J connectivity index is 1.53. The highest BCUT2D eigenvalue weighted by molar-refractivity contribution is 6.32. The maximum atomic E-state index is 12.7. The molecule has 4 rings (SSSR count). The lowest BCUT2D eigenvalue weighted by Crippen LogP contribution is -2.40. The van der Waals surface area contributed by atoms with E-state index in [1.54, 1.807) is 6.20 Å². The maximum Gasteiger partial charge on any atom is 0.288 e. The maximum absolute atomic E-state index is 12.7. The number of halogens is 1. The molecule has 0 spiro atoms. The van der Waals surface area contributed by atoms with Crippen LogP contribution in [0.15, 0.2) is 67.0 Å². The number of hydrogen-bond acceptors (Lipinski definition) is 5. The molecule has 8 heteroatoms. The Morgan fingerprint density at radius 3 is 2.74 bits per heavy atom. The Labute approximate surface area is 184 Å². The first-order valence-corrected chi connectivity index (χ1v) is 10.3. The van der Waals surface area contributed by atoms with Crippen molar-refractivity contribution in [3.05, 3.63) is 104 Å². The van der Waals surface area contributed by atoms with Crippen molar-refractivity contribution in [1.82, 2.24) is 15.2 Å². The van der Waals surface area contributed by atoms with Crippen molar-refractivity contribution in [1.29, 1.82) is 0 Å². The minimum Gasteiger partial charge on any atom is -0.350 e. The van der Waals surface area contributed by atoms with E-state index in [2.05, 4.69) is 33.4 Å². The molecule has 7 nitrogen and oxygen atoms in total. The molecule has 0 saturated carbocycles. The average Bonchev–Trinajstić information content (AvgIpc) is 2.80. The highest BCUT2D eigenvalue weighted by Crippen LogP contribution is 2.28. The quantitative estimate of drug-likeness (QED) is 0.462. The number of nitro groups is 1. The summed E-state index contributed by atoms with van der Waals surface area (Å²) in [6.07, 6.45) is 4.46. The van der Waals surface area contributed by atoms with Gasteiger partial charge in [-0.2, -0.15) is 0 Å². The van der Waals surface area contributed by atoms with E-state index in [1.165, 1.54) is 29.3 Å². The van der Waals surface area contributed by atoms with Gasteiger partial charge in [0.1, 0.15) is 5.02 Å². The molecule has 1 aliphatic rings. The minimum absolute atomic E-state index is 0.00164. The van der Waals surface area contributed by atoms with Gasteiger partial charge in [-0.15, -0.1) is 0 Å². The fraction of sp³-hybridized carbons (Fsp3) is 0.217. The number of carbonyl (C=O) groups is 1. The van der Waals surface area contributed by atoms with Crippen LogP contribution in [-0.4, -0.2) is 33.8 Å². The molecule has 31 heavy (non-hydrogen) atoms. The second kappa shape index (κ2) is 9.24. The molecule has 0 saturated heterocycles. The summed E-state index contributed by atoms with van der Waals surface area (Å²) in [6, 6.07) is 16.2. The smallest absolute Gasteiger partial charge is 0.288 e. The van der Waals surface area contributed by atoms with Gasteiger partial charge < -0.3 is 5.32 Å². The van der Waals surface area contributed by atoms with Crippen LogP contribution in [0.25, 0.3) is 0 Å². The summed E-state index contributed by atoms with van der Waals surface area (Å²) >= 11 is 5.86. The number of hydrogen-bond donors (Lipinski definition) is 1. The molecule has 1 N–H and O–H groups in total. The molecule has 2 heterocycles. The number of benzene rings is 2. The van der Waals surface area contributed by atoms with Gasteiger partial charge in [-0.05, 0) is 41.3 Å². The SMILES string of the molecule is O=C(NC[C@H](c1cccnc1)N1CCc2ccccc2C1)c1ccc(Cl)c([N+](=O)[O-])c1. The monoisotopic (exact) mass is 436 g/mol. The molecule has 1 aliphatic heterocycles. The Bertz CT molecular complexity index is 1110. The summed E-state index contributed by atoms with van der Waals surface area (Å²) in [5.74, 6) is -0.383. The fourth-order valence-electron chi connectivity index (χ4n) is 3.90. The summed E-state index contributed by atoms with van der Waals surface area (Å²) < 4.78 is 0.